The van der Waals surface area contributed by atoms with Crippen molar-refractivity contribution in [2.75, 3.05) is 19.8 Å². The van der Waals surface area contributed by atoms with Gasteiger partial charge in [-0.15, -0.1) is 0 Å². The van der Waals surface area contributed by atoms with Gasteiger partial charge in [-0.1, -0.05) is 0 Å². The van der Waals surface area contributed by atoms with Crippen LogP contribution in [0.3, 0.4) is 0 Å². The number of carbonyl (C=O) groups excluding carboxylic acids is 11. The summed E-state index contributed by atoms with van der Waals surface area (Å²) < 4.78 is 67.6. The van der Waals surface area contributed by atoms with Crippen LogP contribution < -0.4 is 381 Å². The van der Waals surface area contributed by atoms with Gasteiger partial charge in [0.15, 0.2) is 44.0 Å². The van der Waals surface area contributed by atoms with Gasteiger partial charge in [0.1, 0.15) is 177 Å². The molecule has 0 aliphatic carbocycles. The Labute approximate surface area is 1020 Å². The molecule has 0 saturated carbocycles. The molecule has 71 heteroatoms. The van der Waals surface area contributed by atoms with Crippen molar-refractivity contribution < 1.29 is 623 Å². The fraction of sp³-hybridized carbons (Fsp3) is 0.833. The van der Waals surface area contributed by atoms with Gasteiger partial charge in [-0.3, -0.25) is 0 Å². The van der Waals surface area contributed by atoms with Gasteiger partial charge in [0.2, 0.25) is 0 Å². The van der Waals surface area contributed by atoms with Crippen molar-refractivity contribution in [3.05, 3.63) is 0 Å². The first-order valence-electron chi connectivity index (χ1n) is 36.7. The maximum atomic E-state index is 10.7. The van der Waals surface area contributed by atoms with E-state index in [0.29, 0.717) is 0 Å². The van der Waals surface area contributed by atoms with Crippen LogP contribution in [0, 0.1) is 0 Å². The Morgan fingerprint density at radius 3 is 0.467 bits per heavy atom. The first-order valence-corrected chi connectivity index (χ1v) is 36.7. The second kappa shape index (κ2) is 80.5. The van der Waals surface area contributed by atoms with Gasteiger partial charge in [0.25, 0.3) is 0 Å². The van der Waals surface area contributed by atoms with E-state index >= 15 is 0 Å². The smallest absolute Gasteiger partial charge is 0.550 e. The molecule has 24 N–H and O–H groups in total. The molecule has 0 amide bonds. The van der Waals surface area contributed by atoms with Crippen LogP contribution in [0.15, 0.2) is 0 Å². The van der Waals surface area contributed by atoms with Crippen LogP contribution in [0.25, 0.3) is 0 Å². The van der Waals surface area contributed by atoms with E-state index in [4.69, 9.17) is 72.2 Å². The Bertz CT molecular complexity index is 3200. The number of aliphatic hydroxyl groups is 24. The maximum absolute atomic E-state index is 10.7. The number of hydrogen-bond acceptors (Lipinski definition) is 60. The van der Waals surface area contributed by atoms with Gasteiger partial charge in [0.05, 0.1) is 104 Å². The molecule has 7 rings (SSSR count). The fourth-order valence-corrected chi connectivity index (χ4v) is 10.8. The zero-order valence-corrected chi connectivity index (χ0v) is 99.4. The van der Waals surface area contributed by atoms with Crippen molar-refractivity contribution in [2.24, 2.45) is 0 Å². The average molecular weight is 2110 g/mol. The number of ether oxygens (including phenoxy) is 14. The minimum absolute atomic E-state index is 0. The standard InChI is InChI=1S/3C10H16O9.C9H14O10.2C9H16O8.C9H16O7.11Na/c3*1-3(2-4(11)12)18-10-7(15)5(13)6(14)8(19-10)9(16)17;10-1-2(7(14)15)18-9-5(13)3(11)4(12)6(19-9)8(16)17;2*1-3(2-10)16-9-6(13)4(11)5(12)7(17-9)8(14)15;1-3(2)15-9-6(12)4(10)5(11)7(16-9)8(13)14;;;;;;;;;;;/h3*3,5-8,10,13-15H,2H2,1H3,(H,11,12)(H,16,17);2-6,9-13H,1H2,(H,14,15)(H,16,17);2*3-7,9-13H,2H2,1H3,(H,14,15);3-7,9-12H,1-2H3,(H,13,14);;;;;;;;;;;/q;;;;;;;11*+1/p-11/t3?,5-,6+,7?,8?,10?;2*3?,5-,6-,7?,8?,10?;2?,3-,4-,5?,6?,9?;3?,4-,5+,6?,7?,9?;3?,4-,5-,6?,7?,9?;4-,5-,6?,7?,9-;;;;;;;;;;;/m0000000.........../s1. The Morgan fingerprint density at radius 2 is 0.350 bits per heavy atom. The summed E-state index contributed by atoms with van der Waals surface area (Å²) in [5, 5.41) is 340. The summed E-state index contributed by atoms with van der Waals surface area (Å²) in [5.41, 5.74) is 0. The molecule has 7 aliphatic heterocycles. The molecule has 0 bridgehead atoms. The second-order valence-electron chi connectivity index (χ2n) is 28.1. The Hall–Kier alpha value is 3.65. The number of rotatable bonds is 31. The third-order valence-electron chi connectivity index (χ3n) is 17.5. The van der Waals surface area contributed by atoms with Crippen LogP contribution in [0.2, 0.25) is 0 Å². The molecular weight excluding hydrogens is 2010 g/mol. The summed E-state index contributed by atoms with van der Waals surface area (Å²) in [5.74, 6) is -18.4. The van der Waals surface area contributed by atoms with Crippen LogP contribution in [0.1, 0.15) is 67.7 Å². The normalized spacial score (nSPS) is 35.0. The van der Waals surface area contributed by atoms with E-state index in [1.165, 1.54) is 34.6 Å². The second-order valence-corrected chi connectivity index (χ2v) is 28.1. The van der Waals surface area contributed by atoms with Crippen LogP contribution in [-0.2, 0) is 119 Å². The maximum Gasteiger partial charge on any atom is 1.00 e. The first-order chi connectivity index (χ1) is 58.1. The number of carboxylic acids is 11. The van der Waals surface area contributed by atoms with Crippen molar-refractivity contribution in [1.82, 2.24) is 0 Å². The van der Waals surface area contributed by atoms with E-state index in [1.54, 1.807) is 13.8 Å². The van der Waals surface area contributed by atoms with E-state index in [2.05, 4.69) is 9.47 Å². The molecule has 7 fully saturated rings. The molecule has 7 aliphatic rings. The Balaban J connectivity index is -0.000000148. The number of carbonyl (C=O) groups is 11. The van der Waals surface area contributed by atoms with Crippen LogP contribution in [0.4, 0.5) is 0 Å². The fourth-order valence-electron chi connectivity index (χ4n) is 10.8. The van der Waals surface area contributed by atoms with E-state index in [-0.39, 0.29) is 344 Å². The average Bonchev–Trinajstić information content (AvgIpc) is 0.852. The van der Waals surface area contributed by atoms with E-state index < -0.39 is 343 Å². The summed E-state index contributed by atoms with van der Waals surface area (Å²) in [6, 6.07) is 0. The van der Waals surface area contributed by atoms with Crippen LogP contribution in [0.5, 0.6) is 0 Å². The van der Waals surface area contributed by atoms with Crippen molar-refractivity contribution in [3.8, 4) is 0 Å². The molecule has 60 nitrogen and oxygen atoms in total. The topological polar surface area (TPSA) is 1060 Å². The van der Waals surface area contributed by atoms with Crippen LogP contribution in [-0.4, -0.2) is 466 Å². The number of hydrogen-bond donors (Lipinski definition) is 24. The monoisotopic (exact) mass is 2100 g/mol. The molecule has 26 unspecified atom stereocenters. The molecule has 0 aromatic rings. The summed E-state index contributed by atoms with van der Waals surface area (Å²) in [7, 11) is 0. The van der Waals surface area contributed by atoms with Crippen molar-refractivity contribution in [2.45, 2.75) is 325 Å². The molecule has 0 spiro atoms. The van der Waals surface area contributed by atoms with Crippen molar-refractivity contribution >= 4 is 65.7 Å². The van der Waals surface area contributed by atoms with Gasteiger partial charge in [0, 0.05) is 37.2 Å². The van der Waals surface area contributed by atoms with Crippen molar-refractivity contribution in [1.29, 1.82) is 0 Å². The SMILES string of the molecule is CC(C)O[C@H]1OC(C(=O)[O-])[C@@H](O)[C@H](O)C1O.CC(CC(=O)[O-])OC1OC(C(=O)[O-])[C@@H](O)[C@H](O)C1O.CC(CC(=O)[O-])OC1OC(C(=O)[O-])[C@@H](O)[C@H](O)C1O.CC(CC(=O)[O-])OC1OC(C(=O)[O-])[C@H](O)[C@H](O)C1O.CC(CO)OC1OC(C(=O)[O-])[C@@H](O)[C@H](O)C1O.CC(CO)OC1OC(C(=O)[O-])[C@H](O)[C@H](O)C1O.O=C([O-])C(CO)OC1OC(C(=O)[O-])[C@@H](O)[C@H](O)C1O.[Na+].[Na+].[Na+].[Na+].[Na+].[Na+].[Na+].[Na+].[Na+].[Na+].[Na+]. The third-order valence-corrected chi connectivity index (χ3v) is 17.5. The Kier molecular flexibility index (Phi) is 95.9. The van der Waals surface area contributed by atoms with E-state index in [0.717, 1.165) is 0 Å². The van der Waals surface area contributed by atoms with Gasteiger partial charge in [-0.25, -0.2) is 0 Å². The molecule has 0 radical (unpaired) electrons. The predicted molar refractivity (Wildman–Crippen MR) is 351 cm³/mol. The largest absolute Gasteiger partial charge is 1.00 e. The van der Waals surface area contributed by atoms with Gasteiger partial charge < -0.3 is 298 Å². The quantitative estimate of drug-likeness (QED) is 0.0287. The molecule has 41 atom stereocenters. The minimum atomic E-state index is -2.02. The Morgan fingerprint density at radius 1 is 0.212 bits per heavy atom. The van der Waals surface area contributed by atoms with Crippen molar-refractivity contribution in [3.63, 3.8) is 0 Å². The predicted octanol–water partition coefficient (Wildman–Crippen LogP) is -65.2. The number of aliphatic carboxylic acids is 11. The molecule has 734 valence electrons. The minimum Gasteiger partial charge on any atom is -0.550 e. The third kappa shape index (κ3) is 53.9. The molecule has 0 aromatic heterocycles. The molecule has 137 heavy (non-hydrogen) atoms. The summed E-state index contributed by atoms with van der Waals surface area (Å²) >= 11 is 0. The summed E-state index contributed by atoms with van der Waals surface area (Å²) in [6.45, 7) is 8.45. The van der Waals surface area contributed by atoms with E-state index in [1.807, 2.05) is 0 Å². The summed E-state index contributed by atoms with van der Waals surface area (Å²) in [4.78, 5) is 116. The van der Waals surface area contributed by atoms with Crippen LogP contribution >= 0.6 is 0 Å². The zero-order chi connectivity index (χ0) is 97.7. The van der Waals surface area contributed by atoms with E-state index in [9.17, 15) is 216 Å². The molecule has 7 saturated heterocycles. The van der Waals surface area contributed by atoms with Gasteiger partial charge in [-0.05, 0) is 48.5 Å². The summed E-state index contributed by atoms with van der Waals surface area (Å²) in [6.07, 6.45) is -69.3. The molecule has 7 heterocycles. The van der Waals surface area contributed by atoms with Gasteiger partial charge >= 0.3 is 325 Å². The number of carboxylic acid groups (broad SMARTS) is 11. The van der Waals surface area contributed by atoms with Gasteiger partial charge in [-0.2, -0.15) is 0 Å². The molecule has 0 aromatic carbocycles. The zero-order valence-electron chi connectivity index (χ0n) is 77.4. The molecular formula is C66H99Na11O60. The first kappa shape index (κ1) is 163. The number of aliphatic hydroxyl groups excluding tert-OH is 24.